The lowest BCUT2D eigenvalue weighted by Crippen LogP contribution is -2.28. The van der Waals surface area contributed by atoms with E-state index in [-0.39, 0.29) is 29.2 Å². The fraction of sp³-hybridized carbons (Fsp3) is 0.222. The minimum atomic E-state index is -0.803. The second-order valence-corrected chi connectivity index (χ2v) is 6.96. The van der Waals surface area contributed by atoms with E-state index in [4.69, 9.17) is 10.5 Å². The highest BCUT2D eigenvalue weighted by atomic mass is 32.1. The summed E-state index contributed by atoms with van der Waals surface area (Å²) >= 11 is 1.11. The molecule has 3 rings (SSSR count). The number of benzene rings is 1. The van der Waals surface area contributed by atoms with Crippen LogP contribution in [-0.2, 0) is 19.1 Å². The van der Waals surface area contributed by atoms with Gasteiger partial charge in [0.1, 0.15) is 10.8 Å². The zero-order valence-corrected chi connectivity index (χ0v) is 15.3. The van der Waals surface area contributed by atoms with Gasteiger partial charge in [0.2, 0.25) is 5.91 Å². The summed E-state index contributed by atoms with van der Waals surface area (Å²) in [7, 11) is 0. The fourth-order valence-electron chi connectivity index (χ4n) is 2.79. The van der Waals surface area contributed by atoms with E-state index in [0.29, 0.717) is 0 Å². The Labute approximate surface area is 163 Å². The Morgan fingerprint density at radius 3 is 2.75 bits per heavy atom. The molecule has 2 heterocycles. The Morgan fingerprint density at radius 1 is 1.29 bits per heavy atom. The smallest absolute Gasteiger partial charge is 0.311 e. The van der Waals surface area contributed by atoms with Crippen molar-refractivity contribution in [3.63, 3.8) is 0 Å². The standard InChI is InChI=1S/C18H16FN3O5S/c19-12-3-1-2-4-13(12)22-8-10(7-15(22)24)18(26)27-9-14(23)21-17-11(16(20)25)5-6-28-17/h1-6,10H,7-9H2,(H2,20,25)(H,21,23)/t10-/m1/s1. The molecule has 1 aromatic heterocycles. The first-order valence-corrected chi connectivity index (χ1v) is 9.13. The molecule has 0 radical (unpaired) electrons. The number of esters is 1. The summed E-state index contributed by atoms with van der Waals surface area (Å²) in [6.07, 6.45) is -0.133. The number of nitrogens with one attached hydrogen (secondary N) is 1. The van der Waals surface area contributed by atoms with Crippen LogP contribution >= 0.6 is 11.3 Å². The molecule has 146 valence electrons. The highest BCUT2D eigenvalue weighted by molar-refractivity contribution is 7.14. The minimum Gasteiger partial charge on any atom is -0.455 e. The molecule has 1 aromatic carbocycles. The van der Waals surface area contributed by atoms with Crippen LogP contribution in [-0.4, -0.2) is 36.8 Å². The molecule has 0 bridgehead atoms. The number of ether oxygens (including phenoxy) is 1. The fourth-order valence-corrected chi connectivity index (χ4v) is 3.59. The maximum absolute atomic E-state index is 13.9. The van der Waals surface area contributed by atoms with Gasteiger partial charge in [-0.3, -0.25) is 19.2 Å². The van der Waals surface area contributed by atoms with E-state index in [1.54, 1.807) is 11.4 Å². The zero-order chi connectivity index (χ0) is 20.3. The molecule has 1 aliphatic heterocycles. The van der Waals surface area contributed by atoms with Gasteiger partial charge in [0.25, 0.3) is 11.8 Å². The van der Waals surface area contributed by atoms with Gasteiger partial charge in [-0.15, -0.1) is 11.3 Å². The number of rotatable bonds is 6. The number of carbonyl (C=O) groups excluding carboxylic acids is 4. The number of amides is 3. The number of primary amides is 1. The van der Waals surface area contributed by atoms with Gasteiger partial charge in [-0.2, -0.15) is 0 Å². The number of halogens is 1. The molecular weight excluding hydrogens is 389 g/mol. The van der Waals surface area contributed by atoms with E-state index in [2.05, 4.69) is 5.32 Å². The van der Waals surface area contributed by atoms with Crippen molar-refractivity contribution in [2.75, 3.05) is 23.4 Å². The van der Waals surface area contributed by atoms with Gasteiger partial charge in [0.05, 0.1) is 17.2 Å². The summed E-state index contributed by atoms with van der Waals surface area (Å²) < 4.78 is 18.8. The van der Waals surface area contributed by atoms with E-state index in [1.807, 2.05) is 0 Å². The third-order valence-corrected chi connectivity index (χ3v) is 4.96. The maximum Gasteiger partial charge on any atom is 0.311 e. The molecule has 0 unspecified atom stereocenters. The predicted molar refractivity (Wildman–Crippen MR) is 99.3 cm³/mol. The summed E-state index contributed by atoms with van der Waals surface area (Å²) in [5, 5.41) is 4.29. The van der Waals surface area contributed by atoms with Crippen molar-refractivity contribution in [1.29, 1.82) is 0 Å². The number of carbonyl (C=O) groups is 4. The maximum atomic E-state index is 13.9. The van der Waals surface area contributed by atoms with E-state index >= 15 is 0 Å². The Hall–Kier alpha value is -3.27. The second kappa shape index (κ2) is 8.17. The van der Waals surface area contributed by atoms with Gasteiger partial charge in [0.15, 0.2) is 6.61 Å². The van der Waals surface area contributed by atoms with Crippen LogP contribution in [0.1, 0.15) is 16.8 Å². The first-order valence-electron chi connectivity index (χ1n) is 8.25. The Bertz CT molecular complexity index is 945. The number of para-hydroxylation sites is 1. The van der Waals surface area contributed by atoms with E-state index in [9.17, 15) is 23.6 Å². The van der Waals surface area contributed by atoms with Gasteiger partial charge < -0.3 is 20.7 Å². The van der Waals surface area contributed by atoms with Crippen LogP contribution in [0.3, 0.4) is 0 Å². The van der Waals surface area contributed by atoms with Crippen LogP contribution < -0.4 is 16.0 Å². The molecule has 10 heteroatoms. The number of thiophene rings is 1. The third kappa shape index (κ3) is 4.17. The number of hydrogen-bond acceptors (Lipinski definition) is 6. The summed E-state index contributed by atoms with van der Waals surface area (Å²) in [6, 6.07) is 7.24. The molecule has 3 N–H and O–H groups in total. The lowest BCUT2D eigenvalue weighted by molar-refractivity contribution is -0.151. The first kappa shape index (κ1) is 19.5. The summed E-state index contributed by atoms with van der Waals surface area (Å²) in [4.78, 5) is 48.7. The average molecular weight is 405 g/mol. The van der Waals surface area contributed by atoms with Crippen LogP contribution in [0.4, 0.5) is 15.1 Å². The topological polar surface area (TPSA) is 119 Å². The van der Waals surface area contributed by atoms with E-state index in [1.165, 1.54) is 29.2 Å². The van der Waals surface area contributed by atoms with Crippen molar-refractivity contribution in [3.8, 4) is 0 Å². The monoisotopic (exact) mass is 405 g/mol. The van der Waals surface area contributed by atoms with Crippen LogP contribution in [0, 0.1) is 11.7 Å². The van der Waals surface area contributed by atoms with Crippen LogP contribution in [0.5, 0.6) is 0 Å². The van der Waals surface area contributed by atoms with Gasteiger partial charge in [0, 0.05) is 13.0 Å². The second-order valence-electron chi connectivity index (χ2n) is 6.04. The number of hydrogen-bond donors (Lipinski definition) is 2. The van der Waals surface area contributed by atoms with E-state index < -0.39 is 42.0 Å². The largest absolute Gasteiger partial charge is 0.455 e. The molecule has 1 fully saturated rings. The van der Waals surface area contributed by atoms with Crippen molar-refractivity contribution in [2.24, 2.45) is 11.7 Å². The minimum absolute atomic E-state index is 0.0308. The lowest BCUT2D eigenvalue weighted by Gasteiger charge is -2.17. The van der Waals surface area contributed by atoms with Crippen LogP contribution in [0.2, 0.25) is 0 Å². The molecule has 2 aromatic rings. The first-order chi connectivity index (χ1) is 13.4. The number of nitrogens with zero attached hydrogens (tertiary/aromatic N) is 1. The lowest BCUT2D eigenvalue weighted by atomic mass is 10.1. The Morgan fingerprint density at radius 2 is 2.04 bits per heavy atom. The normalized spacial score (nSPS) is 16.1. The summed E-state index contributed by atoms with van der Waals surface area (Å²) in [5.74, 6) is -3.84. The zero-order valence-electron chi connectivity index (χ0n) is 14.5. The Balaban J connectivity index is 1.55. The van der Waals surface area contributed by atoms with Gasteiger partial charge in [-0.05, 0) is 23.6 Å². The van der Waals surface area contributed by atoms with Crippen molar-refractivity contribution in [2.45, 2.75) is 6.42 Å². The van der Waals surface area contributed by atoms with E-state index in [0.717, 1.165) is 11.3 Å². The van der Waals surface area contributed by atoms with Crippen molar-refractivity contribution < 1.29 is 28.3 Å². The van der Waals surface area contributed by atoms with Crippen molar-refractivity contribution in [1.82, 2.24) is 0 Å². The average Bonchev–Trinajstić information content (AvgIpc) is 3.27. The highest BCUT2D eigenvalue weighted by Crippen LogP contribution is 2.28. The van der Waals surface area contributed by atoms with Gasteiger partial charge in [-0.1, -0.05) is 12.1 Å². The third-order valence-electron chi connectivity index (χ3n) is 4.13. The van der Waals surface area contributed by atoms with Crippen molar-refractivity contribution in [3.05, 3.63) is 47.1 Å². The molecular formula is C18H16FN3O5S. The summed E-state index contributed by atoms with van der Waals surface area (Å²) in [5.41, 5.74) is 5.45. The molecule has 1 saturated heterocycles. The molecule has 3 amide bonds. The van der Waals surface area contributed by atoms with Crippen LogP contribution in [0.25, 0.3) is 0 Å². The van der Waals surface area contributed by atoms with Crippen LogP contribution in [0.15, 0.2) is 35.7 Å². The number of nitrogens with two attached hydrogens (primary N) is 1. The highest BCUT2D eigenvalue weighted by Gasteiger charge is 2.37. The van der Waals surface area contributed by atoms with Gasteiger partial charge >= 0.3 is 5.97 Å². The molecule has 0 saturated carbocycles. The Kier molecular flexibility index (Phi) is 5.69. The molecule has 28 heavy (non-hydrogen) atoms. The molecule has 8 nitrogen and oxygen atoms in total. The van der Waals surface area contributed by atoms with Gasteiger partial charge in [-0.25, -0.2) is 4.39 Å². The quantitative estimate of drug-likeness (QED) is 0.707. The molecule has 0 spiro atoms. The molecule has 1 atom stereocenters. The van der Waals surface area contributed by atoms with Crippen molar-refractivity contribution >= 4 is 45.7 Å². The predicted octanol–water partition coefficient (Wildman–Crippen LogP) is 1.52. The summed E-state index contributed by atoms with van der Waals surface area (Å²) in [6.45, 7) is -0.615. The SMILES string of the molecule is NC(=O)c1ccsc1NC(=O)COC(=O)[C@@H]1CC(=O)N(c2ccccc2F)C1. The molecule has 1 aliphatic rings. The molecule has 0 aliphatic carbocycles. The number of anilines is 2.